The topological polar surface area (TPSA) is 62.6 Å². The number of benzene rings is 1. The fraction of sp³-hybridized carbons (Fsp3) is 0.200. The summed E-state index contributed by atoms with van der Waals surface area (Å²) in [4.78, 5) is 24.0. The van der Waals surface area contributed by atoms with Gasteiger partial charge in [-0.3, -0.25) is 15.0 Å². The van der Waals surface area contributed by atoms with Crippen LogP contribution in [0.25, 0.3) is 0 Å². The monoisotopic (exact) mass is 302 g/mol. The standard InChI is InChI=1S/C15H14N2O3S/c1-10-4-6-11(7-5-10)15-17(13(18)9-21-15)16-14(19)12-3-2-8-20-12/h2-8,15H,9H2,1H3,(H,16,19). The quantitative estimate of drug-likeness (QED) is 0.946. The Morgan fingerprint density at radius 1 is 1.33 bits per heavy atom. The predicted octanol–water partition coefficient (Wildman–Crippen LogP) is 2.51. The highest BCUT2D eigenvalue weighted by molar-refractivity contribution is 8.00. The number of aryl methyl sites for hydroxylation is 1. The van der Waals surface area contributed by atoms with Gasteiger partial charge in [-0.15, -0.1) is 11.8 Å². The summed E-state index contributed by atoms with van der Waals surface area (Å²) in [6, 6.07) is 11.1. The fourth-order valence-electron chi connectivity index (χ4n) is 2.09. The molecule has 0 radical (unpaired) electrons. The lowest BCUT2D eigenvalue weighted by Crippen LogP contribution is -2.44. The smallest absolute Gasteiger partial charge is 0.305 e. The first-order valence-electron chi connectivity index (χ1n) is 6.50. The zero-order valence-electron chi connectivity index (χ0n) is 11.4. The number of hydrogen-bond acceptors (Lipinski definition) is 4. The van der Waals surface area contributed by atoms with Gasteiger partial charge in [0.25, 0.3) is 5.91 Å². The van der Waals surface area contributed by atoms with Crippen molar-refractivity contribution in [1.82, 2.24) is 10.4 Å². The number of nitrogens with zero attached hydrogens (tertiary/aromatic N) is 1. The summed E-state index contributed by atoms with van der Waals surface area (Å²) < 4.78 is 5.04. The van der Waals surface area contributed by atoms with Crippen LogP contribution in [0.1, 0.15) is 27.1 Å². The molecule has 108 valence electrons. The number of nitrogens with one attached hydrogen (secondary N) is 1. The summed E-state index contributed by atoms with van der Waals surface area (Å²) in [5.74, 6) is -0.0161. The molecule has 6 heteroatoms. The Morgan fingerprint density at radius 2 is 2.10 bits per heavy atom. The third-order valence-corrected chi connectivity index (χ3v) is 4.41. The first-order valence-corrected chi connectivity index (χ1v) is 7.55. The number of rotatable bonds is 3. The first kappa shape index (κ1) is 13.8. The second-order valence-electron chi connectivity index (χ2n) is 4.76. The van der Waals surface area contributed by atoms with Crippen LogP contribution < -0.4 is 5.43 Å². The van der Waals surface area contributed by atoms with E-state index in [2.05, 4.69) is 5.43 Å². The maximum atomic E-state index is 12.0. The molecule has 1 N–H and O–H groups in total. The highest BCUT2D eigenvalue weighted by Crippen LogP contribution is 2.37. The molecule has 1 fully saturated rings. The van der Waals surface area contributed by atoms with E-state index in [9.17, 15) is 9.59 Å². The number of thioether (sulfide) groups is 1. The summed E-state index contributed by atoms with van der Waals surface area (Å²) >= 11 is 1.49. The fourth-order valence-corrected chi connectivity index (χ4v) is 3.20. The Hall–Kier alpha value is -2.21. The molecule has 1 saturated heterocycles. The molecular weight excluding hydrogens is 288 g/mol. The van der Waals surface area contributed by atoms with Gasteiger partial charge in [0, 0.05) is 0 Å². The average molecular weight is 302 g/mol. The van der Waals surface area contributed by atoms with Gasteiger partial charge in [0.05, 0.1) is 12.0 Å². The van der Waals surface area contributed by atoms with E-state index in [-0.39, 0.29) is 17.0 Å². The average Bonchev–Trinajstić information content (AvgIpc) is 3.11. The van der Waals surface area contributed by atoms with Crippen LogP contribution in [0.3, 0.4) is 0 Å². The zero-order valence-corrected chi connectivity index (χ0v) is 12.2. The lowest BCUT2D eigenvalue weighted by molar-refractivity contribution is -0.130. The van der Waals surface area contributed by atoms with Gasteiger partial charge in [-0.05, 0) is 24.6 Å². The van der Waals surface area contributed by atoms with Crippen molar-refractivity contribution < 1.29 is 14.0 Å². The lowest BCUT2D eigenvalue weighted by atomic mass is 10.1. The molecule has 1 aromatic carbocycles. The second-order valence-corrected chi connectivity index (χ2v) is 5.82. The van der Waals surface area contributed by atoms with Crippen LogP contribution in [0.5, 0.6) is 0 Å². The zero-order chi connectivity index (χ0) is 14.8. The molecular formula is C15H14N2O3S. The molecule has 1 unspecified atom stereocenters. The molecule has 1 aliphatic heterocycles. The van der Waals surface area contributed by atoms with Crippen molar-refractivity contribution in [3.63, 3.8) is 0 Å². The Morgan fingerprint density at radius 3 is 2.76 bits per heavy atom. The van der Waals surface area contributed by atoms with Crippen LogP contribution >= 0.6 is 11.8 Å². The van der Waals surface area contributed by atoms with E-state index < -0.39 is 5.91 Å². The molecule has 0 spiro atoms. The van der Waals surface area contributed by atoms with Crippen LogP contribution in [0.4, 0.5) is 0 Å². The molecule has 2 heterocycles. The molecule has 0 bridgehead atoms. The molecule has 21 heavy (non-hydrogen) atoms. The molecule has 2 amide bonds. The van der Waals surface area contributed by atoms with Crippen LogP contribution in [0.2, 0.25) is 0 Å². The van der Waals surface area contributed by atoms with Crippen molar-refractivity contribution in [3.05, 3.63) is 59.5 Å². The normalized spacial score (nSPS) is 18.0. The Kier molecular flexibility index (Phi) is 3.70. The largest absolute Gasteiger partial charge is 0.459 e. The number of carbonyl (C=O) groups is 2. The van der Waals surface area contributed by atoms with E-state index in [4.69, 9.17) is 4.42 Å². The molecule has 1 aliphatic rings. The maximum absolute atomic E-state index is 12.0. The van der Waals surface area contributed by atoms with Crippen LogP contribution in [0.15, 0.2) is 47.1 Å². The van der Waals surface area contributed by atoms with E-state index in [1.807, 2.05) is 31.2 Å². The Bertz CT molecular complexity index is 652. The van der Waals surface area contributed by atoms with Crippen molar-refractivity contribution in [2.24, 2.45) is 0 Å². The third kappa shape index (κ3) is 2.80. The van der Waals surface area contributed by atoms with E-state index in [1.54, 1.807) is 12.1 Å². The van der Waals surface area contributed by atoms with Crippen molar-refractivity contribution in [1.29, 1.82) is 0 Å². The van der Waals surface area contributed by atoms with Gasteiger partial charge in [0.2, 0.25) is 0 Å². The van der Waals surface area contributed by atoms with Crippen LogP contribution in [-0.4, -0.2) is 22.6 Å². The SMILES string of the molecule is Cc1ccc(C2SCC(=O)N2NC(=O)c2ccco2)cc1. The number of furan rings is 1. The summed E-state index contributed by atoms with van der Waals surface area (Å²) in [6.45, 7) is 2.01. The van der Waals surface area contributed by atoms with Gasteiger partial charge < -0.3 is 4.42 Å². The number of amides is 2. The summed E-state index contributed by atoms with van der Waals surface area (Å²) in [5, 5.41) is 1.16. The molecule has 2 aromatic rings. The predicted molar refractivity (Wildman–Crippen MR) is 79.4 cm³/mol. The molecule has 1 aromatic heterocycles. The molecule has 1 atom stereocenters. The van der Waals surface area contributed by atoms with Crippen molar-refractivity contribution in [2.45, 2.75) is 12.3 Å². The van der Waals surface area contributed by atoms with Gasteiger partial charge in [-0.25, -0.2) is 5.01 Å². The number of hydrazine groups is 1. The van der Waals surface area contributed by atoms with Gasteiger partial charge in [-0.2, -0.15) is 0 Å². The molecule has 0 aliphatic carbocycles. The third-order valence-electron chi connectivity index (χ3n) is 3.20. The van der Waals surface area contributed by atoms with Crippen LogP contribution in [-0.2, 0) is 4.79 Å². The van der Waals surface area contributed by atoms with E-state index >= 15 is 0 Å². The van der Waals surface area contributed by atoms with Crippen molar-refractivity contribution >= 4 is 23.6 Å². The van der Waals surface area contributed by atoms with Gasteiger partial charge >= 0.3 is 5.91 Å². The summed E-state index contributed by atoms with van der Waals surface area (Å²) in [5.41, 5.74) is 4.76. The van der Waals surface area contributed by atoms with E-state index in [1.165, 1.54) is 23.0 Å². The highest BCUT2D eigenvalue weighted by Gasteiger charge is 2.34. The Balaban J connectivity index is 1.79. The van der Waals surface area contributed by atoms with Crippen molar-refractivity contribution in [2.75, 3.05) is 5.75 Å². The number of carbonyl (C=O) groups excluding carboxylic acids is 2. The molecule has 3 rings (SSSR count). The molecule has 0 saturated carbocycles. The molecule has 5 nitrogen and oxygen atoms in total. The minimum absolute atomic E-state index is 0.120. The van der Waals surface area contributed by atoms with Gasteiger partial charge in [-0.1, -0.05) is 29.8 Å². The minimum atomic E-state index is -0.423. The van der Waals surface area contributed by atoms with E-state index in [0.29, 0.717) is 5.75 Å². The van der Waals surface area contributed by atoms with Crippen LogP contribution in [0, 0.1) is 6.92 Å². The summed E-state index contributed by atoms with van der Waals surface area (Å²) in [6.07, 6.45) is 1.42. The Labute approximate surface area is 126 Å². The van der Waals surface area contributed by atoms with Gasteiger partial charge in [0.15, 0.2) is 5.76 Å². The van der Waals surface area contributed by atoms with Crippen molar-refractivity contribution in [3.8, 4) is 0 Å². The maximum Gasteiger partial charge on any atom is 0.305 e. The van der Waals surface area contributed by atoms with E-state index in [0.717, 1.165) is 11.1 Å². The minimum Gasteiger partial charge on any atom is -0.459 e. The second kappa shape index (κ2) is 5.65. The summed E-state index contributed by atoms with van der Waals surface area (Å²) in [7, 11) is 0. The first-order chi connectivity index (χ1) is 10.1. The van der Waals surface area contributed by atoms with Gasteiger partial charge in [0.1, 0.15) is 5.37 Å². The number of hydrogen-bond donors (Lipinski definition) is 1. The highest BCUT2D eigenvalue weighted by atomic mass is 32.2. The lowest BCUT2D eigenvalue weighted by Gasteiger charge is -2.24.